The Morgan fingerprint density at radius 1 is 1.35 bits per heavy atom. The van der Waals surface area contributed by atoms with Crippen LogP contribution in [-0.2, 0) is 14.6 Å². The number of carbonyl (C=O) groups is 1. The number of likely N-dealkylation sites (tertiary alicyclic amines) is 1. The van der Waals surface area contributed by atoms with Crippen molar-refractivity contribution in [2.45, 2.75) is 17.7 Å². The number of hydrogen-bond acceptors (Lipinski definition) is 5. The van der Waals surface area contributed by atoms with Gasteiger partial charge in [0, 0.05) is 19.3 Å². The number of carbonyl (C=O) groups excluding carboxylic acids is 1. The summed E-state index contributed by atoms with van der Waals surface area (Å²) in [5.74, 6) is 0.00617. The van der Waals surface area contributed by atoms with Crippen molar-refractivity contribution in [2.75, 3.05) is 36.9 Å². The summed E-state index contributed by atoms with van der Waals surface area (Å²) in [6.07, 6.45) is 3.19. The lowest BCUT2D eigenvalue weighted by atomic mass is 10.2. The van der Waals surface area contributed by atoms with E-state index in [-0.39, 0.29) is 23.0 Å². The number of anilines is 2. The van der Waals surface area contributed by atoms with Crippen molar-refractivity contribution >= 4 is 27.1 Å². The molecule has 1 aromatic rings. The molecule has 0 aromatic heterocycles. The van der Waals surface area contributed by atoms with E-state index in [2.05, 4.69) is 5.32 Å². The van der Waals surface area contributed by atoms with Crippen LogP contribution in [0.3, 0.4) is 0 Å². The third-order valence-corrected chi connectivity index (χ3v) is 4.51. The van der Waals surface area contributed by atoms with E-state index in [0.717, 1.165) is 32.2 Å². The van der Waals surface area contributed by atoms with E-state index in [0.29, 0.717) is 5.69 Å². The molecule has 0 saturated carbocycles. The Morgan fingerprint density at radius 2 is 2.00 bits per heavy atom. The minimum atomic E-state index is -3.37. The van der Waals surface area contributed by atoms with Crippen molar-refractivity contribution < 1.29 is 13.2 Å². The summed E-state index contributed by atoms with van der Waals surface area (Å²) >= 11 is 0. The summed E-state index contributed by atoms with van der Waals surface area (Å²) in [5, 5.41) is 2.92. The first-order valence-corrected chi connectivity index (χ1v) is 8.39. The van der Waals surface area contributed by atoms with Crippen LogP contribution in [0.4, 0.5) is 11.4 Å². The minimum Gasteiger partial charge on any atom is -0.396 e. The second kappa shape index (κ2) is 5.70. The molecule has 3 N–H and O–H groups in total. The normalized spacial score (nSPS) is 15.3. The molecular weight excluding hydrogens is 278 g/mol. The Hall–Kier alpha value is -1.76. The van der Waals surface area contributed by atoms with Gasteiger partial charge in [-0.1, -0.05) is 6.07 Å². The van der Waals surface area contributed by atoms with Crippen LogP contribution in [0.15, 0.2) is 23.1 Å². The molecule has 1 aliphatic heterocycles. The molecule has 1 amide bonds. The molecule has 0 spiro atoms. The Kier molecular flexibility index (Phi) is 4.17. The molecule has 1 aromatic carbocycles. The lowest BCUT2D eigenvalue weighted by molar-refractivity contribution is -0.128. The van der Waals surface area contributed by atoms with Gasteiger partial charge in [-0.05, 0) is 25.0 Å². The van der Waals surface area contributed by atoms with Gasteiger partial charge in [0.2, 0.25) is 5.91 Å². The van der Waals surface area contributed by atoms with E-state index in [1.807, 2.05) is 0 Å². The minimum absolute atomic E-state index is 0.00617. The van der Waals surface area contributed by atoms with Crippen LogP contribution >= 0.6 is 0 Å². The number of nitrogens with one attached hydrogen (secondary N) is 1. The Bertz CT molecular complexity index is 607. The topological polar surface area (TPSA) is 92.5 Å². The molecule has 7 heteroatoms. The highest BCUT2D eigenvalue weighted by Gasteiger charge is 2.18. The number of para-hydroxylation sites is 1. The van der Waals surface area contributed by atoms with Gasteiger partial charge >= 0.3 is 0 Å². The number of rotatable bonds is 4. The largest absolute Gasteiger partial charge is 0.396 e. The summed E-state index contributed by atoms with van der Waals surface area (Å²) in [4.78, 5) is 13.8. The number of nitrogens with two attached hydrogens (primary N) is 1. The van der Waals surface area contributed by atoms with Gasteiger partial charge in [-0.15, -0.1) is 0 Å². The number of amides is 1. The van der Waals surface area contributed by atoms with Crippen LogP contribution in [0.2, 0.25) is 0 Å². The third-order valence-electron chi connectivity index (χ3n) is 3.35. The van der Waals surface area contributed by atoms with Gasteiger partial charge in [0.1, 0.15) is 0 Å². The molecule has 0 atom stereocenters. The summed E-state index contributed by atoms with van der Waals surface area (Å²) < 4.78 is 23.1. The molecule has 0 unspecified atom stereocenters. The quantitative estimate of drug-likeness (QED) is 0.798. The molecule has 6 nitrogen and oxygen atoms in total. The van der Waals surface area contributed by atoms with Crippen LogP contribution in [0, 0.1) is 0 Å². The number of nitrogen functional groups attached to an aromatic ring is 1. The molecule has 0 bridgehead atoms. The maximum atomic E-state index is 11.9. The zero-order valence-corrected chi connectivity index (χ0v) is 12.2. The van der Waals surface area contributed by atoms with Crippen molar-refractivity contribution in [3.05, 3.63) is 18.2 Å². The van der Waals surface area contributed by atoms with E-state index < -0.39 is 9.84 Å². The van der Waals surface area contributed by atoms with Crippen molar-refractivity contribution in [2.24, 2.45) is 0 Å². The van der Waals surface area contributed by atoms with Crippen LogP contribution < -0.4 is 11.1 Å². The fourth-order valence-corrected chi connectivity index (χ4v) is 3.11. The molecule has 2 rings (SSSR count). The van der Waals surface area contributed by atoms with E-state index in [1.54, 1.807) is 17.0 Å². The zero-order valence-electron chi connectivity index (χ0n) is 11.4. The fraction of sp³-hybridized carbons (Fsp3) is 0.462. The number of hydrogen-bond donors (Lipinski definition) is 2. The molecule has 110 valence electrons. The second-order valence-corrected chi connectivity index (χ2v) is 6.92. The standard InChI is InChI=1S/C13H19N3O3S/c1-20(18,19)11-6-4-5-10(13(11)14)15-9-12(17)16-7-2-3-8-16/h4-6,15H,2-3,7-9,14H2,1H3. The summed E-state index contributed by atoms with van der Waals surface area (Å²) in [6, 6.07) is 4.73. The highest BCUT2D eigenvalue weighted by Crippen LogP contribution is 2.26. The average Bonchev–Trinajstić information content (AvgIpc) is 2.89. The van der Waals surface area contributed by atoms with Crippen molar-refractivity contribution in [3.8, 4) is 0 Å². The summed E-state index contributed by atoms with van der Waals surface area (Å²) in [6.45, 7) is 1.70. The first-order chi connectivity index (χ1) is 9.39. The molecule has 1 aliphatic rings. The Morgan fingerprint density at radius 3 is 2.60 bits per heavy atom. The molecule has 1 fully saturated rings. The molecule has 1 heterocycles. The maximum absolute atomic E-state index is 11.9. The van der Waals surface area contributed by atoms with Gasteiger partial charge in [-0.2, -0.15) is 0 Å². The first-order valence-electron chi connectivity index (χ1n) is 6.50. The van der Waals surface area contributed by atoms with E-state index in [4.69, 9.17) is 5.73 Å². The molecular formula is C13H19N3O3S. The van der Waals surface area contributed by atoms with Crippen molar-refractivity contribution in [1.82, 2.24) is 4.90 Å². The number of benzene rings is 1. The van der Waals surface area contributed by atoms with Gasteiger partial charge in [-0.3, -0.25) is 4.79 Å². The van der Waals surface area contributed by atoms with Crippen LogP contribution in [0.25, 0.3) is 0 Å². The van der Waals surface area contributed by atoms with E-state index in [9.17, 15) is 13.2 Å². The van der Waals surface area contributed by atoms with E-state index in [1.165, 1.54) is 6.07 Å². The van der Waals surface area contributed by atoms with Crippen LogP contribution in [-0.4, -0.2) is 45.1 Å². The molecule has 0 aliphatic carbocycles. The van der Waals surface area contributed by atoms with Crippen molar-refractivity contribution in [3.63, 3.8) is 0 Å². The molecule has 0 radical (unpaired) electrons. The highest BCUT2D eigenvalue weighted by molar-refractivity contribution is 7.90. The summed E-state index contributed by atoms with van der Waals surface area (Å²) in [5.41, 5.74) is 6.47. The highest BCUT2D eigenvalue weighted by atomic mass is 32.2. The maximum Gasteiger partial charge on any atom is 0.241 e. The lowest BCUT2D eigenvalue weighted by Gasteiger charge is -2.17. The van der Waals surface area contributed by atoms with E-state index >= 15 is 0 Å². The average molecular weight is 297 g/mol. The van der Waals surface area contributed by atoms with Crippen molar-refractivity contribution in [1.29, 1.82) is 0 Å². The van der Waals surface area contributed by atoms with Crippen LogP contribution in [0.5, 0.6) is 0 Å². The smallest absolute Gasteiger partial charge is 0.241 e. The van der Waals surface area contributed by atoms with Gasteiger partial charge in [0.15, 0.2) is 9.84 Å². The first kappa shape index (κ1) is 14.6. The predicted molar refractivity (Wildman–Crippen MR) is 78.3 cm³/mol. The Balaban J connectivity index is 2.08. The van der Waals surface area contributed by atoms with Gasteiger partial charge in [0.05, 0.1) is 22.8 Å². The van der Waals surface area contributed by atoms with Crippen LogP contribution in [0.1, 0.15) is 12.8 Å². The summed E-state index contributed by atoms with van der Waals surface area (Å²) in [7, 11) is -3.37. The number of sulfone groups is 1. The predicted octanol–water partition coefficient (Wildman–Crippen LogP) is 0.707. The Labute approximate surface area is 118 Å². The molecule has 20 heavy (non-hydrogen) atoms. The monoisotopic (exact) mass is 297 g/mol. The third kappa shape index (κ3) is 3.22. The number of nitrogens with zero attached hydrogens (tertiary/aromatic N) is 1. The van der Waals surface area contributed by atoms with Gasteiger partial charge in [0.25, 0.3) is 0 Å². The fourth-order valence-electron chi connectivity index (χ4n) is 2.27. The molecule has 1 saturated heterocycles. The van der Waals surface area contributed by atoms with Gasteiger partial charge < -0.3 is 16.0 Å². The van der Waals surface area contributed by atoms with Gasteiger partial charge in [-0.25, -0.2) is 8.42 Å². The second-order valence-electron chi connectivity index (χ2n) is 4.93. The lowest BCUT2D eigenvalue weighted by Crippen LogP contribution is -2.33. The SMILES string of the molecule is CS(=O)(=O)c1cccc(NCC(=O)N2CCCC2)c1N. The zero-order chi connectivity index (χ0) is 14.8.